The fourth-order valence-corrected chi connectivity index (χ4v) is 4.59. The van der Waals surface area contributed by atoms with Crippen LogP contribution >= 0.6 is 11.3 Å². The molecule has 0 bridgehead atoms. The zero-order valence-corrected chi connectivity index (χ0v) is 18.6. The van der Waals surface area contributed by atoms with E-state index < -0.39 is 0 Å². The van der Waals surface area contributed by atoms with Gasteiger partial charge in [0.15, 0.2) is 0 Å². The first-order valence-corrected chi connectivity index (χ1v) is 11.5. The van der Waals surface area contributed by atoms with E-state index in [1.54, 1.807) is 0 Å². The van der Waals surface area contributed by atoms with Crippen molar-refractivity contribution in [1.82, 2.24) is 19.9 Å². The van der Waals surface area contributed by atoms with Crippen LogP contribution in [0.5, 0.6) is 0 Å². The Balaban J connectivity index is 1.47. The molecule has 0 spiro atoms. The average Bonchev–Trinajstić information content (AvgIpc) is 3.64. The molecule has 0 saturated carbocycles. The van der Waals surface area contributed by atoms with Crippen molar-refractivity contribution in [2.24, 2.45) is 0 Å². The summed E-state index contributed by atoms with van der Waals surface area (Å²) < 4.78 is 6.76. The molecule has 8 heteroatoms. The van der Waals surface area contributed by atoms with Gasteiger partial charge in [0.1, 0.15) is 5.69 Å². The second-order valence-electron chi connectivity index (χ2n) is 7.57. The quantitative estimate of drug-likeness (QED) is 0.310. The van der Waals surface area contributed by atoms with Gasteiger partial charge < -0.3 is 5.21 Å². The molecule has 6 aromatic rings. The highest BCUT2D eigenvalue weighted by Crippen LogP contribution is 2.33. The third-order valence-electron chi connectivity index (χ3n) is 5.42. The monoisotopic (exact) mass is 463 g/mol. The molecule has 3 aromatic heterocycles. The maximum absolute atomic E-state index is 12.3. The minimum atomic E-state index is 0.325. The molecule has 3 heterocycles. The summed E-state index contributed by atoms with van der Waals surface area (Å²) in [7, 11) is 0. The smallest absolute Gasteiger partial charge is 0.275 e. The fourth-order valence-electron chi connectivity index (χ4n) is 3.82. The van der Waals surface area contributed by atoms with E-state index in [9.17, 15) is 5.21 Å². The molecule has 7 nitrogen and oxygen atoms in total. The van der Waals surface area contributed by atoms with Gasteiger partial charge in [-0.05, 0) is 11.0 Å². The van der Waals surface area contributed by atoms with Crippen molar-refractivity contribution < 1.29 is 9.53 Å². The Bertz CT molecular complexity index is 1560. The molecule has 0 fully saturated rings. The number of hydrogen-bond acceptors (Lipinski definition) is 6. The van der Waals surface area contributed by atoms with E-state index in [1.165, 1.54) is 11.3 Å². The Kier molecular flexibility index (Phi) is 4.97. The van der Waals surface area contributed by atoms with Crippen molar-refractivity contribution >= 4 is 11.3 Å². The summed E-state index contributed by atoms with van der Waals surface area (Å²) in [5.41, 5.74) is 5.78. The van der Waals surface area contributed by atoms with Gasteiger partial charge in [-0.15, -0.1) is 11.3 Å². The third kappa shape index (κ3) is 3.56. The minimum Gasteiger partial charge on any atom is -0.359 e. The average molecular weight is 464 g/mol. The highest BCUT2D eigenvalue weighted by molar-refractivity contribution is 7.12. The fraction of sp³-hybridized carbons (Fsp3) is 0. The second-order valence-corrected chi connectivity index (χ2v) is 8.40. The molecule has 0 aliphatic rings. The topological polar surface area (TPSA) is 83.7 Å². The summed E-state index contributed by atoms with van der Waals surface area (Å²) in [5.74, 6) is 0. The Morgan fingerprint density at radius 2 is 1.38 bits per heavy atom. The summed E-state index contributed by atoms with van der Waals surface area (Å²) in [4.78, 5) is 5.20. The number of aromatic nitrogens is 5. The molecule has 6 rings (SSSR count). The second kappa shape index (κ2) is 8.42. The predicted molar refractivity (Wildman–Crippen MR) is 130 cm³/mol. The van der Waals surface area contributed by atoms with Crippen LogP contribution in [0.4, 0.5) is 0 Å². The Labute approximate surface area is 198 Å². The molecule has 0 amide bonds. The molecule has 0 N–H and O–H groups in total. The number of nitrogens with zero attached hydrogens (tertiary/aromatic N) is 5. The Morgan fingerprint density at radius 1 is 0.765 bits per heavy atom. The van der Waals surface area contributed by atoms with Crippen LogP contribution in [-0.4, -0.2) is 19.9 Å². The molecule has 3 aromatic carbocycles. The van der Waals surface area contributed by atoms with Crippen molar-refractivity contribution in [2.75, 3.05) is 0 Å². The van der Waals surface area contributed by atoms with E-state index in [-0.39, 0.29) is 0 Å². The van der Waals surface area contributed by atoms with Crippen LogP contribution in [0, 0.1) is 5.21 Å². The van der Waals surface area contributed by atoms with Gasteiger partial charge >= 0.3 is 0 Å². The SMILES string of the molecule is [O-][n+]1onc(-c2csc(-n3nc(-c4ccccc4)cc3-c3ccccc3)n2)c1-c1ccccc1. The van der Waals surface area contributed by atoms with Crippen LogP contribution in [0.25, 0.3) is 50.3 Å². The molecule has 0 unspecified atom stereocenters. The Morgan fingerprint density at radius 3 is 2.06 bits per heavy atom. The summed E-state index contributed by atoms with van der Waals surface area (Å²) in [6.45, 7) is 0. The summed E-state index contributed by atoms with van der Waals surface area (Å²) in [6, 6.07) is 31.4. The molecular formula is C26H17N5O2S. The molecule has 0 radical (unpaired) electrons. The van der Waals surface area contributed by atoms with Crippen molar-refractivity contribution in [3.63, 3.8) is 0 Å². The maximum atomic E-state index is 12.3. The number of benzene rings is 3. The molecule has 164 valence electrons. The first-order chi connectivity index (χ1) is 16.8. The lowest BCUT2D eigenvalue weighted by Gasteiger charge is -2.03. The maximum Gasteiger partial charge on any atom is 0.275 e. The van der Waals surface area contributed by atoms with Crippen LogP contribution in [0.1, 0.15) is 0 Å². The van der Waals surface area contributed by atoms with Crippen LogP contribution in [0.2, 0.25) is 0 Å². The molecule has 0 saturated heterocycles. The number of thiazole rings is 1. The van der Waals surface area contributed by atoms with Gasteiger partial charge in [-0.25, -0.2) is 9.67 Å². The van der Waals surface area contributed by atoms with Crippen molar-refractivity contribution in [1.29, 1.82) is 0 Å². The van der Waals surface area contributed by atoms with Gasteiger partial charge in [0.05, 0.1) is 11.4 Å². The number of rotatable bonds is 5. The van der Waals surface area contributed by atoms with Crippen molar-refractivity contribution in [2.45, 2.75) is 0 Å². The largest absolute Gasteiger partial charge is 0.359 e. The molecular weight excluding hydrogens is 446 g/mol. The van der Waals surface area contributed by atoms with Crippen LogP contribution < -0.4 is 4.90 Å². The van der Waals surface area contributed by atoms with E-state index in [0.29, 0.717) is 32.7 Å². The lowest BCUT2D eigenvalue weighted by Crippen LogP contribution is -2.25. The lowest BCUT2D eigenvalue weighted by atomic mass is 10.1. The molecule has 0 aliphatic heterocycles. The van der Waals surface area contributed by atoms with Gasteiger partial charge in [-0.1, -0.05) is 91.0 Å². The minimum absolute atomic E-state index is 0.325. The van der Waals surface area contributed by atoms with E-state index in [0.717, 1.165) is 22.5 Å². The summed E-state index contributed by atoms with van der Waals surface area (Å²) >= 11 is 1.42. The normalized spacial score (nSPS) is 11.1. The van der Waals surface area contributed by atoms with Crippen LogP contribution in [0.3, 0.4) is 0 Å². The van der Waals surface area contributed by atoms with E-state index in [2.05, 4.69) is 11.2 Å². The number of hydrogen-bond donors (Lipinski definition) is 0. The highest BCUT2D eigenvalue weighted by atomic mass is 32.1. The van der Waals surface area contributed by atoms with Gasteiger partial charge in [-0.2, -0.15) is 5.10 Å². The van der Waals surface area contributed by atoms with Crippen LogP contribution in [-0.2, 0) is 0 Å². The van der Waals surface area contributed by atoms with Gasteiger partial charge in [0.25, 0.3) is 5.69 Å². The Hall–Kier alpha value is -4.56. The first-order valence-electron chi connectivity index (χ1n) is 10.6. The van der Waals surface area contributed by atoms with Gasteiger partial charge in [0.2, 0.25) is 10.8 Å². The lowest BCUT2D eigenvalue weighted by molar-refractivity contribution is -0.793. The van der Waals surface area contributed by atoms with E-state index >= 15 is 0 Å². The molecule has 0 aliphatic carbocycles. The highest BCUT2D eigenvalue weighted by Gasteiger charge is 2.26. The van der Waals surface area contributed by atoms with E-state index in [4.69, 9.17) is 14.7 Å². The first kappa shape index (κ1) is 20.1. The van der Waals surface area contributed by atoms with Gasteiger partial charge in [-0.3, -0.25) is 4.63 Å². The standard InChI is InChI=1S/C26H17N5O2S/c32-31-25(20-14-8-3-9-15-20)24(29-33-31)22-17-34-26(27-22)30-23(19-12-6-2-7-13-19)16-21(28-30)18-10-4-1-5-11-18/h1-17H. The summed E-state index contributed by atoms with van der Waals surface area (Å²) in [6.07, 6.45) is 0. The van der Waals surface area contributed by atoms with Crippen LogP contribution in [0.15, 0.2) is 107 Å². The van der Waals surface area contributed by atoms with Crippen molar-refractivity contribution in [3.05, 3.63) is 108 Å². The predicted octanol–water partition coefficient (Wildman–Crippen LogP) is 5.62. The molecule has 0 atom stereocenters. The zero-order valence-electron chi connectivity index (χ0n) is 17.8. The van der Waals surface area contributed by atoms with E-state index in [1.807, 2.05) is 101 Å². The molecule has 34 heavy (non-hydrogen) atoms. The van der Waals surface area contributed by atoms with Gasteiger partial charge in [0, 0.05) is 27.2 Å². The van der Waals surface area contributed by atoms with Crippen molar-refractivity contribution in [3.8, 4) is 50.3 Å². The zero-order chi connectivity index (χ0) is 22.9. The summed E-state index contributed by atoms with van der Waals surface area (Å²) in [5, 5.41) is 23.7. The third-order valence-corrected chi connectivity index (χ3v) is 6.24.